The minimum Gasteiger partial charge on any atom is -0.361 e. The van der Waals surface area contributed by atoms with Gasteiger partial charge in [0.1, 0.15) is 11.5 Å². The largest absolute Gasteiger partial charge is 0.361 e. The zero-order valence-corrected chi connectivity index (χ0v) is 16.3. The topological polar surface area (TPSA) is 49.0 Å². The Hall–Kier alpha value is -3.39. The molecule has 146 valence electrons. The van der Waals surface area contributed by atoms with Crippen molar-refractivity contribution >= 4 is 16.8 Å². The second kappa shape index (κ2) is 8.32. The van der Waals surface area contributed by atoms with Crippen LogP contribution in [-0.2, 0) is 11.2 Å². The van der Waals surface area contributed by atoms with Gasteiger partial charge in [-0.2, -0.15) is 0 Å². The highest BCUT2D eigenvalue weighted by Gasteiger charge is 2.20. The lowest BCUT2D eigenvalue weighted by atomic mass is 10.0. The number of fused-ring (bicyclic) bond motifs is 1. The normalized spacial score (nSPS) is 13.9. The summed E-state index contributed by atoms with van der Waals surface area (Å²) in [5.74, 6) is 5.93. The Morgan fingerprint density at radius 2 is 2.10 bits per heavy atom. The molecule has 0 radical (unpaired) electrons. The first-order valence-electron chi connectivity index (χ1n) is 9.75. The third-order valence-corrected chi connectivity index (χ3v) is 5.19. The molecule has 1 amide bonds. The second-order valence-electron chi connectivity index (χ2n) is 7.30. The zero-order chi connectivity index (χ0) is 20.2. The van der Waals surface area contributed by atoms with Gasteiger partial charge in [-0.1, -0.05) is 17.6 Å². The first-order valence-corrected chi connectivity index (χ1v) is 9.75. The number of hydrogen-bond acceptors (Lipinski definition) is 2. The van der Waals surface area contributed by atoms with E-state index in [0.29, 0.717) is 13.1 Å². The van der Waals surface area contributed by atoms with E-state index in [4.69, 9.17) is 0 Å². The molecule has 0 unspecified atom stereocenters. The van der Waals surface area contributed by atoms with Crippen molar-refractivity contribution in [2.75, 3.05) is 13.1 Å². The Morgan fingerprint density at radius 3 is 2.90 bits per heavy atom. The van der Waals surface area contributed by atoms with E-state index in [1.807, 2.05) is 36.1 Å². The Bertz CT molecular complexity index is 1140. The van der Waals surface area contributed by atoms with Crippen molar-refractivity contribution in [2.45, 2.75) is 26.2 Å². The van der Waals surface area contributed by atoms with Crippen LogP contribution in [0.15, 0.2) is 54.2 Å². The molecule has 1 aliphatic rings. The maximum atomic E-state index is 13.5. The molecule has 0 bridgehead atoms. The van der Waals surface area contributed by atoms with Crippen LogP contribution in [0, 0.1) is 24.6 Å². The molecule has 3 aromatic rings. The number of aromatic amines is 1. The predicted octanol–water partition coefficient (Wildman–Crippen LogP) is 4.15. The number of aryl methyl sites for hydroxylation is 1. The van der Waals surface area contributed by atoms with Crippen molar-refractivity contribution < 1.29 is 9.18 Å². The number of H-pyrrole nitrogens is 1. The number of pyridine rings is 1. The Kier molecular flexibility index (Phi) is 5.44. The van der Waals surface area contributed by atoms with Gasteiger partial charge < -0.3 is 9.88 Å². The minimum absolute atomic E-state index is 0.0734. The Labute approximate surface area is 169 Å². The molecule has 1 aromatic carbocycles. The SMILES string of the molecule is Cc1cccc(C#CC=C2CCN(C(=O)Cc3c[nH]c4ccc(F)cc34)CC2)n1. The number of hydrogen-bond donors (Lipinski definition) is 1. The summed E-state index contributed by atoms with van der Waals surface area (Å²) in [5, 5.41) is 0.774. The van der Waals surface area contributed by atoms with Gasteiger partial charge in [0, 0.05) is 35.9 Å². The van der Waals surface area contributed by atoms with Crippen LogP contribution in [0.3, 0.4) is 0 Å². The number of benzene rings is 1. The molecule has 0 spiro atoms. The molecule has 0 atom stereocenters. The maximum absolute atomic E-state index is 13.5. The fraction of sp³-hybridized carbons (Fsp3) is 0.250. The van der Waals surface area contributed by atoms with Gasteiger partial charge in [0.2, 0.25) is 5.91 Å². The highest BCUT2D eigenvalue weighted by atomic mass is 19.1. The standard InChI is InChI=1S/C24H22FN3O/c1-17-4-2-6-21(27-17)7-3-5-18-10-12-28(13-11-18)24(29)14-19-16-26-23-9-8-20(25)15-22(19)23/h2,4-6,8-9,15-16,26H,10-14H2,1H3. The molecular weight excluding hydrogens is 365 g/mol. The zero-order valence-electron chi connectivity index (χ0n) is 16.3. The van der Waals surface area contributed by atoms with E-state index in [9.17, 15) is 9.18 Å². The summed E-state index contributed by atoms with van der Waals surface area (Å²) < 4.78 is 13.5. The lowest BCUT2D eigenvalue weighted by molar-refractivity contribution is -0.130. The number of carbonyl (C=O) groups excluding carboxylic acids is 1. The van der Waals surface area contributed by atoms with Crippen molar-refractivity contribution in [3.8, 4) is 11.8 Å². The highest BCUT2D eigenvalue weighted by molar-refractivity contribution is 5.89. The predicted molar refractivity (Wildman–Crippen MR) is 112 cm³/mol. The lowest BCUT2D eigenvalue weighted by Gasteiger charge is -2.28. The Morgan fingerprint density at radius 1 is 1.28 bits per heavy atom. The Balaban J connectivity index is 1.35. The molecule has 1 fully saturated rings. The lowest BCUT2D eigenvalue weighted by Crippen LogP contribution is -2.37. The number of piperidine rings is 1. The number of allylic oxidation sites excluding steroid dienone is 1. The van der Waals surface area contributed by atoms with E-state index < -0.39 is 0 Å². The fourth-order valence-corrected chi connectivity index (χ4v) is 3.58. The highest BCUT2D eigenvalue weighted by Crippen LogP contribution is 2.22. The summed E-state index contributed by atoms with van der Waals surface area (Å²) in [6.45, 7) is 3.32. The van der Waals surface area contributed by atoms with Crippen molar-refractivity contribution in [3.05, 3.63) is 77.0 Å². The van der Waals surface area contributed by atoms with Gasteiger partial charge in [-0.3, -0.25) is 4.79 Å². The molecule has 3 heterocycles. The number of aromatic nitrogens is 2. The number of nitrogens with one attached hydrogen (secondary N) is 1. The number of rotatable bonds is 2. The summed E-state index contributed by atoms with van der Waals surface area (Å²) in [5.41, 5.74) is 4.66. The molecular formula is C24H22FN3O. The summed E-state index contributed by atoms with van der Waals surface area (Å²) in [6, 6.07) is 10.4. The van der Waals surface area contributed by atoms with Crippen molar-refractivity contribution in [1.29, 1.82) is 0 Å². The average Bonchev–Trinajstić information content (AvgIpc) is 3.10. The van der Waals surface area contributed by atoms with E-state index in [1.165, 1.54) is 17.7 Å². The van der Waals surface area contributed by atoms with E-state index in [2.05, 4.69) is 21.8 Å². The van der Waals surface area contributed by atoms with Gasteiger partial charge in [-0.05, 0) is 67.7 Å². The van der Waals surface area contributed by atoms with Gasteiger partial charge in [0.25, 0.3) is 0 Å². The smallest absolute Gasteiger partial charge is 0.227 e. The van der Waals surface area contributed by atoms with Crippen LogP contribution >= 0.6 is 0 Å². The number of halogens is 1. The number of amides is 1. The van der Waals surface area contributed by atoms with Crippen molar-refractivity contribution in [2.24, 2.45) is 0 Å². The number of carbonyl (C=O) groups is 1. The maximum Gasteiger partial charge on any atom is 0.227 e. The summed E-state index contributed by atoms with van der Waals surface area (Å²) in [6.07, 6.45) is 5.68. The molecule has 1 saturated heterocycles. The fourth-order valence-electron chi connectivity index (χ4n) is 3.58. The van der Waals surface area contributed by atoms with Gasteiger partial charge in [0.15, 0.2) is 0 Å². The molecule has 29 heavy (non-hydrogen) atoms. The van der Waals surface area contributed by atoms with Gasteiger partial charge >= 0.3 is 0 Å². The van der Waals surface area contributed by atoms with Crippen LogP contribution in [0.4, 0.5) is 4.39 Å². The molecule has 0 aliphatic carbocycles. The second-order valence-corrected chi connectivity index (χ2v) is 7.30. The quantitative estimate of drug-likeness (QED) is 0.672. The minimum atomic E-state index is -0.291. The van der Waals surface area contributed by atoms with Crippen molar-refractivity contribution in [1.82, 2.24) is 14.9 Å². The third kappa shape index (κ3) is 4.55. The van der Waals surface area contributed by atoms with Crippen LogP contribution in [0.25, 0.3) is 10.9 Å². The average molecular weight is 387 g/mol. The van der Waals surface area contributed by atoms with Gasteiger partial charge in [-0.15, -0.1) is 0 Å². The third-order valence-electron chi connectivity index (χ3n) is 5.19. The van der Waals surface area contributed by atoms with Gasteiger partial charge in [0.05, 0.1) is 6.42 Å². The van der Waals surface area contributed by atoms with E-state index >= 15 is 0 Å². The van der Waals surface area contributed by atoms with E-state index in [-0.39, 0.29) is 18.1 Å². The van der Waals surface area contributed by atoms with E-state index in [1.54, 1.807) is 12.3 Å². The summed E-state index contributed by atoms with van der Waals surface area (Å²) >= 11 is 0. The first-order chi connectivity index (χ1) is 14.1. The molecule has 0 saturated carbocycles. The van der Waals surface area contributed by atoms with Crippen molar-refractivity contribution in [3.63, 3.8) is 0 Å². The molecule has 2 aromatic heterocycles. The van der Waals surface area contributed by atoms with Gasteiger partial charge in [-0.25, -0.2) is 9.37 Å². The van der Waals surface area contributed by atoms with Crippen LogP contribution in [0.5, 0.6) is 0 Å². The summed E-state index contributed by atoms with van der Waals surface area (Å²) in [7, 11) is 0. The van der Waals surface area contributed by atoms with E-state index in [0.717, 1.165) is 40.7 Å². The van der Waals surface area contributed by atoms with Crippen LogP contribution < -0.4 is 0 Å². The molecule has 4 nitrogen and oxygen atoms in total. The number of nitrogens with zero attached hydrogens (tertiary/aromatic N) is 2. The molecule has 4 rings (SSSR count). The monoisotopic (exact) mass is 387 g/mol. The molecule has 1 N–H and O–H groups in total. The summed E-state index contributed by atoms with van der Waals surface area (Å²) in [4.78, 5) is 22.0. The van der Waals surface area contributed by atoms with Crippen LogP contribution in [0.2, 0.25) is 0 Å². The molecule has 1 aliphatic heterocycles. The molecule has 5 heteroatoms. The number of likely N-dealkylation sites (tertiary alicyclic amines) is 1. The van der Waals surface area contributed by atoms with Crippen LogP contribution in [-0.4, -0.2) is 33.9 Å². The van der Waals surface area contributed by atoms with Crippen LogP contribution in [0.1, 0.15) is 29.8 Å². The first kappa shape index (κ1) is 18.9.